The van der Waals surface area contributed by atoms with E-state index in [9.17, 15) is 4.79 Å². The van der Waals surface area contributed by atoms with Gasteiger partial charge in [-0.2, -0.15) is 0 Å². The Morgan fingerprint density at radius 1 is 1.43 bits per heavy atom. The Labute approximate surface area is 130 Å². The van der Waals surface area contributed by atoms with Crippen LogP contribution >= 0.6 is 11.3 Å². The molecule has 118 valence electrons. The van der Waals surface area contributed by atoms with Crippen molar-refractivity contribution in [1.29, 1.82) is 0 Å². The van der Waals surface area contributed by atoms with Gasteiger partial charge in [-0.15, -0.1) is 11.3 Å². The zero-order valence-corrected chi connectivity index (χ0v) is 13.7. The van der Waals surface area contributed by atoms with Crippen molar-refractivity contribution in [3.05, 3.63) is 10.6 Å². The quantitative estimate of drug-likeness (QED) is 0.878. The highest BCUT2D eigenvalue weighted by Crippen LogP contribution is 2.25. The lowest BCUT2D eigenvalue weighted by atomic mass is 9.98. The molecule has 1 aromatic heterocycles. The molecule has 2 N–H and O–H groups in total. The summed E-state index contributed by atoms with van der Waals surface area (Å²) in [5.74, 6) is 0.344. The van der Waals surface area contributed by atoms with Crippen molar-refractivity contribution in [3.8, 4) is 0 Å². The normalized spacial score (nSPS) is 16.2. The molecular formula is C15H25N3O2S. The second-order valence-electron chi connectivity index (χ2n) is 5.54. The lowest BCUT2D eigenvalue weighted by Gasteiger charge is -2.30. The highest BCUT2D eigenvalue weighted by Gasteiger charge is 2.23. The molecule has 2 heterocycles. The van der Waals surface area contributed by atoms with Crippen molar-refractivity contribution in [3.63, 3.8) is 0 Å². The maximum atomic E-state index is 12.2. The topological polar surface area (TPSA) is 65.5 Å². The molecule has 1 aromatic rings. The number of aliphatic hydroxyl groups excluding tert-OH is 1. The van der Waals surface area contributed by atoms with Crippen molar-refractivity contribution in [1.82, 2.24) is 9.88 Å². The average molecular weight is 311 g/mol. The fourth-order valence-corrected chi connectivity index (χ4v) is 3.57. The summed E-state index contributed by atoms with van der Waals surface area (Å²) in [7, 11) is 0. The van der Waals surface area contributed by atoms with Crippen LogP contribution in [0.3, 0.4) is 0 Å². The molecule has 5 nitrogen and oxygen atoms in total. The van der Waals surface area contributed by atoms with E-state index in [0.717, 1.165) is 37.8 Å². The molecule has 2 rings (SSSR count). The predicted octanol–water partition coefficient (Wildman–Crippen LogP) is 2.89. The predicted molar refractivity (Wildman–Crippen MR) is 85.9 cm³/mol. The molecule has 21 heavy (non-hydrogen) atoms. The number of nitrogens with zero attached hydrogens (tertiary/aromatic N) is 2. The van der Waals surface area contributed by atoms with Crippen LogP contribution in [0.2, 0.25) is 0 Å². The van der Waals surface area contributed by atoms with Crippen LogP contribution in [0, 0.1) is 5.92 Å². The Balaban J connectivity index is 1.93. The number of piperidine rings is 1. The second kappa shape index (κ2) is 7.75. The molecule has 0 saturated carbocycles. The maximum Gasteiger partial charge on any atom is 0.323 e. The molecule has 0 radical (unpaired) electrons. The third kappa shape index (κ3) is 4.17. The summed E-state index contributed by atoms with van der Waals surface area (Å²) in [5.41, 5.74) is 1.12. The number of urea groups is 1. The molecule has 1 aliphatic rings. The first-order valence-electron chi connectivity index (χ1n) is 7.83. The van der Waals surface area contributed by atoms with Crippen LogP contribution in [-0.4, -0.2) is 40.7 Å². The summed E-state index contributed by atoms with van der Waals surface area (Å²) in [6.07, 6.45) is 4.76. The Morgan fingerprint density at radius 2 is 2.14 bits per heavy atom. The van der Waals surface area contributed by atoms with Crippen molar-refractivity contribution < 1.29 is 9.90 Å². The number of nitrogens with one attached hydrogen (secondary N) is 1. The minimum absolute atomic E-state index is 0.0640. The van der Waals surface area contributed by atoms with E-state index in [0.29, 0.717) is 24.1 Å². The largest absolute Gasteiger partial charge is 0.396 e. The number of aryl methyl sites for hydroxylation is 2. The number of hydrogen-bond donors (Lipinski definition) is 2. The SMILES string of the molecule is CCCc1nc(NC(=O)N2CCC(CO)CC2)sc1CC. The molecule has 0 aromatic carbocycles. The van der Waals surface area contributed by atoms with Gasteiger partial charge in [0.05, 0.1) is 5.69 Å². The van der Waals surface area contributed by atoms with Gasteiger partial charge in [-0.05, 0) is 31.6 Å². The number of carbonyl (C=O) groups is 1. The monoisotopic (exact) mass is 311 g/mol. The second-order valence-corrected chi connectivity index (χ2v) is 6.62. The number of anilines is 1. The van der Waals surface area contributed by atoms with E-state index in [1.54, 1.807) is 11.3 Å². The molecule has 0 atom stereocenters. The Bertz CT molecular complexity index is 467. The molecule has 1 saturated heterocycles. The number of hydrogen-bond acceptors (Lipinski definition) is 4. The van der Waals surface area contributed by atoms with Crippen LogP contribution in [-0.2, 0) is 12.8 Å². The first kappa shape index (κ1) is 16.2. The van der Waals surface area contributed by atoms with Crippen LogP contribution in [0.15, 0.2) is 0 Å². The van der Waals surface area contributed by atoms with E-state index in [1.807, 2.05) is 4.90 Å². The molecule has 1 aliphatic heterocycles. The fraction of sp³-hybridized carbons (Fsp3) is 0.733. The van der Waals surface area contributed by atoms with E-state index in [2.05, 4.69) is 24.1 Å². The molecule has 0 aliphatic carbocycles. The molecule has 2 amide bonds. The Kier molecular flexibility index (Phi) is 5.99. The minimum atomic E-state index is -0.0640. The zero-order valence-electron chi connectivity index (χ0n) is 12.9. The van der Waals surface area contributed by atoms with Crippen LogP contribution in [0.1, 0.15) is 43.7 Å². The van der Waals surface area contributed by atoms with Crippen molar-refractivity contribution in [2.45, 2.75) is 46.0 Å². The maximum absolute atomic E-state index is 12.2. The van der Waals surface area contributed by atoms with Gasteiger partial charge in [0.1, 0.15) is 0 Å². The van der Waals surface area contributed by atoms with Crippen LogP contribution in [0.5, 0.6) is 0 Å². The highest BCUT2D eigenvalue weighted by atomic mass is 32.1. The smallest absolute Gasteiger partial charge is 0.323 e. The van der Waals surface area contributed by atoms with Gasteiger partial charge in [-0.25, -0.2) is 9.78 Å². The molecule has 6 heteroatoms. The molecule has 0 spiro atoms. The van der Waals surface area contributed by atoms with Gasteiger partial charge >= 0.3 is 6.03 Å². The van der Waals surface area contributed by atoms with E-state index in [1.165, 1.54) is 4.88 Å². The Morgan fingerprint density at radius 3 is 2.71 bits per heavy atom. The Hall–Kier alpha value is -1.14. The van der Waals surface area contributed by atoms with Crippen LogP contribution < -0.4 is 5.32 Å². The molecular weight excluding hydrogens is 286 g/mol. The van der Waals surface area contributed by atoms with Crippen molar-refractivity contribution in [2.75, 3.05) is 25.0 Å². The van der Waals surface area contributed by atoms with Gasteiger partial charge in [-0.3, -0.25) is 5.32 Å². The van der Waals surface area contributed by atoms with E-state index in [4.69, 9.17) is 5.11 Å². The third-order valence-corrected chi connectivity index (χ3v) is 5.12. The summed E-state index contributed by atoms with van der Waals surface area (Å²) < 4.78 is 0. The molecule has 0 unspecified atom stereocenters. The lowest BCUT2D eigenvalue weighted by Crippen LogP contribution is -2.41. The molecule has 0 bridgehead atoms. The standard InChI is InChI=1S/C15H25N3O2S/c1-3-5-12-13(4-2)21-14(16-12)17-15(20)18-8-6-11(10-19)7-9-18/h11,19H,3-10H2,1-2H3,(H,16,17,20). The van der Waals surface area contributed by atoms with E-state index < -0.39 is 0 Å². The summed E-state index contributed by atoms with van der Waals surface area (Å²) >= 11 is 1.59. The van der Waals surface area contributed by atoms with E-state index in [-0.39, 0.29) is 12.6 Å². The van der Waals surface area contributed by atoms with E-state index >= 15 is 0 Å². The summed E-state index contributed by atoms with van der Waals surface area (Å²) in [4.78, 5) is 19.9. The minimum Gasteiger partial charge on any atom is -0.396 e. The lowest BCUT2D eigenvalue weighted by molar-refractivity contribution is 0.143. The van der Waals surface area contributed by atoms with Crippen LogP contribution in [0.4, 0.5) is 9.93 Å². The number of likely N-dealkylation sites (tertiary alicyclic amines) is 1. The number of rotatable bonds is 5. The van der Waals surface area contributed by atoms with Gasteiger partial charge in [0.25, 0.3) is 0 Å². The number of carbonyl (C=O) groups excluding carboxylic acids is 1. The average Bonchev–Trinajstić information content (AvgIpc) is 2.89. The van der Waals surface area contributed by atoms with Gasteiger partial charge < -0.3 is 10.0 Å². The van der Waals surface area contributed by atoms with Gasteiger partial charge in [0.15, 0.2) is 5.13 Å². The van der Waals surface area contributed by atoms with Gasteiger partial charge in [0, 0.05) is 24.6 Å². The summed E-state index contributed by atoms with van der Waals surface area (Å²) in [5, 5.41) is 12.8. The first-order valence-corrected chi connectivity index (χ1v) is 8.64. The first-order chi connectivity index (χ1) is 10.2. The third-order valence-electron chi connectivity index (χ3n) is 3.96. The highest BCUT2D eigenvalue weighted by molar-refractivity contribution is 7.15. The summed E-state index contributed by atoms with van der Waals surface area (Å²) in [6, 6.07) is -0.0640. The number of aromatic nitrogens is 1. The molecule has 1 fully saturated rings. The number of thiazole rings is 1. The van der Waals surface area contributed by atoms with Gasteiger partial charge in [-0.1, -0.05) is 20.3 Å². The van der Waals surface area contributed by atoms with Gasteiger partial charge in [0.2, 0.25) is 0 Å². The summed E-state index contributed by atoms with van der Waals surface area (Å²) in [6.45, 7) is 5.91. The fourth-order valence-electron chi connectivity index (χ4n) is 2.63. The number of amides is 2. The number of aliphatic hydroxyl groups is 1. The van der Waals surface area contributed by atoms with Crippen molar-refractivity contribution in [2.24, 2.45) is 5.92 Å². The van der Waals surface area contributed by atoms with Crippen LogP contribution in [0.25, 0.3) is 0 Å². The zero-order chi connectivity index (χ0) is 15.2. The van der Waals surface area contributed by atoms with Crippen molar-refractivity contribution >= 4 is 22.5 Å².